The van der Waals surface area contributed by atoms with Gasteiger partial charge >= 0.3 is 0 Å². The lowest BCUT2D eigenvalue weighted by Crippen LogP contribution is -2.37. The maximum Gasteiger partial charge on any atom is 0.114 e. The maximum absolute atomic E-state index is 8.70. The Morgan fingerprint density at radius 3 is 1.81 bits per heavy atom. The Morgan fingerprint density at radius 2 is 1.41 bits per heavy atom. The van der Waals surface area contributed by atoms with Crippen molar-refractivity contribution >= 4 is 15.7 Å². The normalized spacial score (nSPS) is 22.5. The first-order chi connectivity index (χ1) is 17.9. The number of ether oxygens (including phenoxy) is 8. The zero-order chi connectivity index (χ0) is 28.3. The first-order valence-electron chi connectivity index (χ1n) is 12.4. The molecule has 6 atom stereocenters. The maximum atomic E-state index is 8.70. The zero-order valence-electron chi connectivity index (χ0n) is 22.9. The van der Waals surface area contributed by atoms with Gasteiger partial charge in [-0.2, -0.15) is 0 Å². The number of aliphatic hydroxyl groups excluding tert-OH is 4. The van der Waals surface area contributed by atoms with E-state index in [-0.39, 0.29) is 89.3 Å². The molecule has 12 nitrogen and oxygen atoms in total. The Hall–Kier alpha value is -0.350. The van der Waals surface area contributed by atoms with Crippen LogP contribution in [0.4, 0.5) is 0 Å². The molecule has 1 heterocycles. The standard InChI is InChI=1S/C10H20O4.C7H15BO4.C6H13BO4/c1-5-13-9-7(2)14-8(6-11-3)10(9)12-4;8-6-12-7(4-10)5-11-3-1-2-9;7-5-11-6(3-9)4-10-2-1-8/h7-10H,5-6H2,1-4H3;7,9-10H,1-6H2;6,8-9H,1-5H2/t7-,8+,9-,10+;;/m0../s1. The van der Waals surface area contributed by atoms with E-state index in [0.29, 0.717) is 32.8 Å². The van der Waals surface area contributed by atoms with Crippen LogP contribution in [0.15, 0.2) is 0 Å². The van der Waals surface area contributed by atoms with Gasteiger partial charge in [0.25, 0.3) is 0 Å². The third-order valence-electron chi connectivity index (χ3n) is 4.87. The zero-order valence-corrected chi connectivity index (χ0v) is 22.9. The fourth-order valence-electron chi connectivity index (χ4n) is 3.16. The first kappa shape index (κ1) is 38.8. The van der Waals surface area contributed by atoms with Gasteiger partial charge in [-0.25, -0.2) is 0 Å². The molecule has 0 aromatic rings. The van der Waals surface area contributed by atoms with Gasteiger partial charge in [-0.05, 0) is 20.3 Å². The highest BCUT2D eigenvalue weighted by Gasteiger charge is 2.43. The number of rotatable bonds is 20. The molecule has 0 aromatic carbocycles. The molecule has 37 heavy (non-hydrogen) atoms. The summed E-state index contributed by atoms with van der Waals surface area (Å²) in [6.45, 7) is 6.51. The highest BCUT2D eigenvalue weighted by molar-refractivity contribution is 6.08. The van der Waals surface area contributed by atoms with Crippen LogP contribution < -0.4 is 0 Å². The van der Waals surface area contributed by atoms with Crippen LogP contribution in [0.25, 0.3) is 0 Å². The van der Waals surface area contributed by atoms with E-state index in [4.69, 9.17) is 74.0 Å². The molecular formula is C23H48B2O12. The van der Waals surface area contributed by atoms with E-state index in [1.165, 1.54) is 0 Å². The second-order valence-corrected chi connectivity index (χ2v) is 7.68. The largest absolute Gasteiger partial charge is 0.396 e. The van der Waals surface area contributed by atoms with Gasteiger partial charge in [0.15, 0.2) is 0 Å². The fourth-order valence-corrected chi connectivity index (χ4v) is 3.16. The Kier molecular flexibility index (Phi) is 30.0. The Bertz CT molecular complexity index is 456. The highest BCUT2D eigenvalue weighted by atomic mass is 16.6. The molecule has 1 aliphatic heterocycles. The fraction of sp³-hybridized carbons (Fsp3) is 1.00. The highest BCUT2D eigenvalue weighted by Crippen LogP contribution is 2.26. The van der Waals surface area contributed by atoms with E-state index in [1.807, 2.05) is 13.8 Å². The van der Waals surface area contributed by atoms with Crippen molar-refractivity contribution in [2.45, 2.75) is 56.9 Å². The minimum atomic E-state index is -0.383. The molecule has 0 aromatic heterocycles. The summed E-state index contributed by atoms with van der Waals surface area (Å²) in [6.07, 6.45) is -0.0901. The van der Waals surface area contributed by atoms with Crippen molar-refractivity contribution in [2.75, 3.05) is 93.3 Å². The van der Waals surface area contributed by atoms with Crippen LogP contribution in [0.5, 0.6) is 0 Å². The average Bonchev–Trinajstić information content (AvgIpc) is 3.20. The van der Waals surface area contributed by atoms with Crippen molar-refractivity contribution in [3.8, 4) is 0 Å². The minimum absolute atomic E-state index is 0.0171. The summed E-state index contributed by atoms with van der Waals surface area (Å²) >= 11 is 0. The molecule has 2 unspecified atom stereocenters. The second kappa shape index (κ2) is 28.7. The van der Waals surface area contributed by atoms with Gasteiger partial charge in [-0.1, -0.05) is 0 Å². The number of hydrogen-bond donors (Lipinski definition) is 4. The molecule has 1 fully saturated rings. The molecular weight excluding hydrogens is 490 g/mol. The molecule has 4 radical (unpaired) electrons. The van der Waals surface area contributed by atoms with Crippen molar-refractivity contribution in [1.29, 1.82) is 0 Å². The lowest BCUT2D eigenvalue weighted by atomic mass is 10.1. The van der Waals surface area contributed by atoms with Crippen LogP contribution >= 0.6 is 0 Å². The predicted octanol–water partition coefficient (Wildman–Crippen LogP) is -1.77. The van der Waals surface area contributed by atoms with Crippen LogP contribution in [-0.2, 0) is 37.9 Å². The summed E-state index contributed by atoms with van der Waals surface area (Å²) in [5.41, 5.74) is 0. The monoisotopic (exact) mass is 538 g/mol. The van der Waals surface area contributed by atoms with E-state index in [9.17, 15) is 0 Å². The van der Waals surface area contributed by atoms with Crippen LogP contribution in [0, 0.1) is 0 Å². The molecule has 1 rings (SSSR count). The molecule has 0 saturated carbocycles. The summed E-state index contributed by atoms with van der Waals surface area (Å²) in [7, 11) is 13.5. The van der Waals surface area contributed by atoms with Crippen LogP contribution in [0.3, 0.4) is 0 Å². The SMILES string of the molecule is CCO[C@@H]1[C@H](OC)[C@@H](COC)O[C@H]1C.[B]COC(CO)COCCCO.[B]COC(CO)COCCO. The second-order valence-electron chi connectivity index (χ2n) is 7.68. The quantitative estimate of drug-likeness (QED) is 0.102. The molecule has 0 bridgehead atoms. The molecule has 0 amide bonds. The van der Waals surface area contributed by atoms with Crippen molar-refractivity contribution in [3.63, 3.8) is 0 Å². The van der Waals surface area contributed by atoms with E-state index in [1.54, 1.807) is 14.2 Å². The third-order valence-corrected chi connectivity index (χ3v) is 4.87. The summed E-state index contributed by atoms with van der Waals surface area (Å²) in [5, 5.41) is 34.1. The molecule has 1 aliphatic rings. The van der Waals surface area contributed by atoms with Gasteiger partial charge in [-0.15, -0.1) is 0 Å². The molecule has 0 spiro atoms. The third kappa shape index (κ3) is 20.2. The smallest absolute Gasteiger partial charge is 0.114 e. The van der Waals surface area contributed by atoms with Gasteiger partial charge in [-0.3, -0.25) is 0 Å². The van der Waals surface area contributed by atoms with Gasteiger partial charge in [0.2, 0.25) is 0 Å². The Balaban J connectivity index is 0. The van der Waals surface area contributed by atoms with E-state index >= 15 is 0 Å². The van der Waals surface area contributed by atoms with E-state index in [2.05, 4.69) is 0 Å². The van der Waals surface area contributed by atoms with Crippen molar-refractivity contribution in [1.82, 2.24) is 0 Å². The number of aliphatic hydroxyl groups is 4. The van der Waals surface area contributed by atoms with Gasteiger partial charge in [0.05, 0.1) is 52.4 Å². The summed E-state index contributed by atoms with van der Waals surface area (Å²) in [4.78, 5) is 0. The molecule has 4 N–H and O–H groups in total. The molecule has 218 valence electrons. The van der Waals surface area contributed by atoms with Crippen LogP contribution in [-0.4, -0.2) is 166 Å². The average molecular weight is 538 g/mol. The van der Waals surface area contributed by atoms with Crippen molar-refractivity contribution in [3.05, 3.63) is 0 Å². The van der Waals surface area contributed by atoms with Gasteiger partial charge in [0, 0.05) is 47.1 Å². The number of hydrogen-bond acceptors (Lipinski definition) is 12. The van der Waals surface area contributed by atoms with Crippen LogP contribution in [0.2, 0.25) is 0 Å². The van der Waals surface area contributed by atoms with Crippen LogP contribution in [0.1, 0.15) is 20.3 Å². The lowest BCUT2D eigenvalue weighted by Gasteiger charge is -2.21. The van der Waals surface area contributed by atoms with Crippen molar-refractivity contribution in [2.24, 2.45) is 0 Å². The number of methoxy groups -OCH3 is 2. The Labute approximate surface area is 224 Å². The minimum Gasteiger partial charge on any atom is -0.396 e. The predicted molar refractivity (Wildman–Crippen MR) is 138 cm³/mol. The first-order valence-corrected chi connectivity index (χ1v) is 12.4. The molecule has 1 saturated heterocycles. The van der Waals surface area contributed by atoms with Gasteiger partial charge < -0.3 is 58.3 Å². The van der Waals surface area contributed by atoms with E-state index < -0.39 is 0 Å². The van der Waals surface area contributed by atoms with Gasteiger partial charge in [0.1, 0.15) is 46.2 Å². The summed E-state index contributed by atoms with van der Waals surface area (Å²) < 4.78 is 41.5. The topological polar surface area (TPSA) is 155 Å². The summed E-state index contributed by atoms with van der Waals surface area (Å²) in [5.74, 6) is 0. The molecule has 14 heteroatoms. The molecule has 0 aliphatic carbocycles. The van der Waals surface area contributed by atoms with Crippen molar-refractivity contribution < 1.29 is 58.3 Å². The summed E-state index contributed by atoms with van der Waals surface area (Å²) in [6, 6.07) is 0. The Morgan fingerprint density at radius 1 is 0.838 bits per heavy atom. The lowest BCUT2D eigenvalue weighted by molar-refractivity contribution is -0.0535. The van der Waals surface area contributed by atoms with E-state index in [0.717, 1.165) is 0 Å².